The van der Waals surface area contributed by atoms with Crippen LogP contribution in [0.15, 0.2) is 0 Å². The number of aliphatic hydroxyl groups excluding tert-OH is 1. The normalized spacial score (nSPS) is 11.5. The Kier molecular flexibility index (Phi) is 7.10. The van der Waals surface area contributed by atoms with Crippen molar-refractivity contribution in [1.82, 2.24) is 10.6 Å². The fourth-order valence-electron chi connectivity index (χ4n) is 0.770. The predicted octanol–water partition coefficient (Wildman–Crippen LogP) is -1.03. The number of halogens is 2. The van der Waals surface area contributed by atoms with E-state index in [1.165, 1.54) is 7.11 Å². The molecule has 15 heavy (non-hydrogen) atoms. The van der Waals surface area contributed by atoms with E-state index in [2.05, 4.69) is 15.4 Å². The molecule has 0 aromatic rings. The first-order chi connectivity index (χ1) is 7.02. The SMILES string of the molecule is COCCNC(=O)CNCC(F)(F)CO. The molecule has 0 unspecified atom stereocenters. The molecule has 0 aromatic carbocycles. The number of ether oxygens (including phenoxy) is 1. The molecule has 0 aliphatic heterocycles. The largest absolute Gasteiger partial charge is 0.390 e. The zero-order valence-corrected chi connectivity index (χ0v) is 8.56. The second kappa shape index (κ2) is 7.49. The lowest BCUT2D eigenvalue weighted by molar-refractivity contribution is -0.120. The first-order valence-corrected chi connectivity index (χ1v) is 4.47. The highest BCUT2D eigenvalue weighted by molar-refractivity contribution is 5.77. The third-order valence-corrected chi connectivity index (χ3v) is 1.53. The van der Waals surface area contributed by atoms with E-state index in [9.17, 15) is 13.6 Å². The summed E-state index contributed by atoms with van der Waals surface area (Å²) >= 11 is 0. The number of hydrogen-bond donors (Lipinski definition) is 3. The van der Waals surface area contributed by atoms with Crippen molar-refractivity contribution in [1.29, 1.82) is 0 Å². The molecule has 0 saturated heterocycles. The van der Waals surface area contributed by atoms with Gasteiger partial charge in [-0.05, 0) is 0 Å². The van der Waals surface area contributed by atoms with E-state index in [0.717, 1.165) is 0 Å². The lowest BCUT2D eigenvalue weighted by atomic mass is 10.3. The van der Waals surface area contributed by atoms with Gasteiger partial charge in [0.05, 0.1) is 19.7 Å². The van der Waals surface area contributed by atoms with E-state index < -0.39 is 19.1 Å². The number of nitrogens with one attached hydrogen (secondary N) is 2. The predicted molar refractivity (Wildman–Crippen MR) is 49.8 cm³/mol. The number of methoxy groups -OCH3 is 1. The summed E-state index contributed by atoms with van der Waals surface area (Å²) < 4.78 is 29.6. The second-order valence-electron chi connectivity index (χ2n) is 2.96. The average molecular weight is 226 g/mol. The monoisotopic (exact) mass is 226 g/mol. The summed E-state index contributed by atoms with van der Waals surface area (Å²) in [6.45, 7) is -1.45. The highest BCUT2D eigenvalue weighted by atomic mass is 19.3. The number of alkyl halides is 2. The van der Waals surface area contributed by atoms with E-state index in [0.29, 0.717) is 13.2 Å². The van der Waals surface area contributed by atoms with Crippen molar-refractivity contribution in [2.45, 2.75) is 5.92 Å². The third-order valence-electron chi connectivity index (χ3n) is 1.53. The van der Waals surface area contributed by atoms with Crippen molar-refractivity contribution in [2.75, 3.05) is 40.0 Å². The first kappa shape index (κ1) is 14.2. The summed E-state index contributed by atoms with van der Waals surface area (Å²) in [6.07, 6.45) is 0. The van der Waals surface area contributed by atoms with Crippen molar-refractivity contribution in [3.8, 4) is 0 Å². The zero-order chi connectivity index (χ0) is 11.7. The molecular weight excluding hydrogens is 210 g/mol. The fourth-order valence-corrected chi connectivity index (χ4v) is 0.770. The quantitative estimate of drug-likeness (QED) is 0.463. The molecule has 1 amide bonds. The molecule has 0 aliphatic carbocycles. The van der Waals surface area contributed by atoms with Crippen molar-refractivity contribution in [3.63, 3.8) is 0 Å². The minimum atomic E-state index is -3.19. The van der Waals surface area contributed by atoms with Gasteiger partial charge in [-0.1, -0.05) is 0 Å². The van der Waals surface area contributed by atoms with E-state index in [1.54, 1.807) is 0 Å². The molecule has 0 atom stereocenters. The standard InChI is InChI=1S/C8H16F2N2O3/c1-15-3-2-12-7(14)4-11-5-8(9,10)6-13/h11,13H,2-6H2,1H3,(H,12,14). The summed E-state index contributed by atoms with van der Waals surface area (Å²) in [4.78, 5) is 11.0. The lowest BCUT2D eigenvalue weighted by Gasteiger charge is -2.13. The topological polar surface area (TPSA) is 70.6 Å². The molecule has 0 radical (unpaired) electrons. The van der Waals surface area contributed by atoms with Gasteiger partial charge in [-0.2, -0.15) is 0 Å². The van der Waals surface area contributed by atoms with Crippen LogP contribution in [0.25, 0.3) is 0 Å². The van der Waals surface area contributed by atoms with Gasteiger partial charge in [-0.3, -0.25) is 4.79 Å². The molecule has 0 bridgehead atoms. The van der Waals surface area contributed by atoms with Gasteiger partial charge in [0.2, 0.25) is 5.91 Å². The summed E-state index contributed by atoms with van der Waals surface area (Å²) in [5, 5.41) is 12.9. The number of rotatable bonds is 8. The number of aliphatic hydroxyl groups is 1. The Morgan fingerprint density at radius 3 is 2.73 bits per heavy atom. The summed E-state index contributed by atoms with van der Waals surface area (Å²) in [7, 11) is 1.49. The average Bonchev–Trinajstić information content (AvgIpc) is 2.18. The smallest absolute Gasteiger partial charge is 0.282 e. The molecule has 5 nitrogen and oxygen atoms in total. The van der Waals surface area contributed by atoms with Crippen LogP contribution < -0.4 is 10.6 Å². The molecule has 7 heteroatoms. The molecule has 0 saturated carbocycles. The van der Waals surface area contributed by atoms with Crippen LogP contribution >= 0.6 is 0 Å². The maximum absolute atomic E-state index is 12.4. The van der Waals surface area contributed by atoms with Crippen LogP contribution in [0.4, 0.5) is 8.78 Å². The van der Waals surface area contributed by atoms with Crippen LogP contribution in [0.1, 0.15) is 0 Å². The molecule has 0 fully saturated rings. The fraction of sp³-hybridized carbons (Fsp3) is 0.875. The Balaban J connectivity index is 3.46. The molecule has 3 N–H and O–H groups in total. The molecule has 0 heterocycles. The molecular formula is C8H16F2N2O3. The summed E-state index contributed by atoms with van der Waals surface area (Å²) in [6, 6.07) is 0. The van der Waals surface area contributed by atoms with Gasteiger partial charge in [0, 0.05) is 13.7 Å². The van der Waals surface area contributed by atoms with Crippen LogP contribution in [0.5, 0.6) is 0 Å². The Hall–Kier alpha value is -0.790. The Morgan fingerprint density at radius 1 is 1.53 bits per heavy atom. The van der Waals surface area contributed by atoms with Gasteiger partial charge in [0.15, 0.2) is 0 Å². The van der Waals surface area contributed by atoms with Crippen LogP contribution in [-0.2, 0) is 9.53 Å². The second-order valence-corrected chi connectivity index (χ2v) is 2.96. The maximum Gasteiger partial charge on any atom is 0.282 e. The van der Waals surface area contributed by atoms with Gasteiger partial charge < -0.3 is 20.5 Å². The molecule has 0 spiro atoms. The van der Waals surface area contributed by atoms with Crippen molar-refractivity contribution in [3.05, 3.63) is 0 Å². The third kappa shape index (κ3) is 8.22. The molecule has 0 aromatic heterocycles. The Bertz CT molecular complexity index is 191. The van der Waals surface area contributed by atoms with Gasteiger partial charge in [-0.15, -0.1) is 0 Å². The lowest BCUT2D eigenvalue weighted by Crippen LogP contribution is -2.41. The first-order valence-electron chi connectivity index (χ1n) is 4.47. The van der Waals surface area contributed by atoms with Gasteiger partial charge >= 0.3 is 0 Å². The van der Waals surface area contributed by atoms with Gasteiger partial charge in [0.25, 0.3) is 5.92 Å². The van der Waals surface area contributed by atoms with Gasteiger partial charge in [0.1, 0.15) is 6.61 Å². The van der Waals surface area contributed by atoms with E-state index in [-0.39, 0.29) is 12.5 Å². The zero-order valence-electron chi connectivity index (χ0n) is 8.56. The summed E-state index contributed by atoms with van der Waals surface area (Å²) in [5.74, 6) is -3.58. The minimum absolute atomic E-state index is 0.209. The van der Waals surface area contributed by atoms with E-state index in [1.807, 2.05) is 0 Å². The van der Waals surface area contributed by atoms with Crippen LogP contribution in [0.2, 0.25) is 0 Å². The number of carbonyl (C=O) groups excluding carboxylic acids is 1. The molecule has 0 aliphatic rings. The van der Waals surface area contributed by atoms with Crippen LogP contribution in [0.3, 0.4) is 0 Å². The number of hydrogen-bond acceptors (Lipinski definition) is 4. The summed E-state index contributed by atoms with van der Waals surface area (Å²) in [5.41, 5.74) is 0. The molecule has 0 rings (SSSR count). The van der Waals surface area contributed by atoms with E-state index in [4.69, 9.17) is 5.11 Å². The number of carbonyl (C=O) groups is 1. The Morgan fingerprint density at radius 2 is 2.20 bits per heavy atom. The van der Waals surface area contributed by atoms with E-state index >= 15 is 0 Å². The van der Waals surface area contributed by atoms with Crippen LogP contribution in [0, 0.1) is 0 Å². The van der Waals surface area contributed by atoms with Crippen molar-refractivity contribution in [2.24, 2.45) is 0 Å². The maximum atomic E-state index is 12.4. The number of amides is 1. The van der Waals surface area contributed by atoms with Crippen molar-refractivity contribution >= 4 is 5.91 Å². The van der Waals surface area contributed by atoms with Crippen LogP contribution in [-0.4, -0.2) is 56.9 Å². The minimum Gasteiger partial charge on any atom is -0.390 e. The van der Waals surface area contributed by atoms with Gasteiger partial charge in [-0.25, -0.2) is 8.78 Å². The van der Waals surface area contributed by atoms with Crippen molar-refractivity contribution < 1.29 is 23.4 Å². The highest BCUT2D eigenvalue weighted by Gasteiger charge is 2.26. The Labute approximate surface area is 86.8 Å². The molecule has 90 valence electrons. The highest BCUT2D eigenvalue weighted by Crippen LogP contribution is 2.09.